The van der Waals surface area contributed by atoms with Crippen LogP contribution in [0.15, 0.2) is 36.4 Å². The highest BCUT2D eigenvalue weighted by Crippen LogP contribution is 2.26. The van der Waals surface area contributed by atoms with Crippen molar-refractivity contribution in [1.29, 1.82) is 0 Å². The minimum atomic E-state index is -0.975. The molecule has 0 fully saturated rings. The fraction of sp³-hybridized carbons (Fsp3) is 0.200. The van der Waals surface area contributed by atoms with Gasteiger partial charge in [-0.1, -0.05) is 17.7 Å². The minimum Gasteiger partial charge on any atom is -0.494 e. The Hall–Kier alpha value is -1.65. The minimum absolute atomic E-state index is 0.0353. The summed E-state index contributed by atoms with van der Waals surface area (Å²) in [7, 11) is 1.34. The van der Waals surface area contributed by atoms with Crippen molar-refractivity contribution < 1.29 is 18.6 Å². The number of rotatable bonds is 4. The van der Waals surface area contributed by atoms with Crippen LogP contribution >= 0.6 is 11.6 Å². The lowest BCUT2D eigenvalue weighted by Crippen LogP contribution is -2.04. The largest absolute Gasteiger partial charge is 0.494 e. The molecule has 0 saturated carbocycles. The molecule has 0 aromatic heterocycles. The summed E-state index contributed by atoms with van der Waals surface area (Å²) >= 11 is 5.80. The van der Waals surface area contributed by atoms with Crippen LogP contribution in [0.3, 0.4) is 0 Å². The standard InChI is InChI=1S/C15H13ClF2O2/c1-20-15-8-9(2-4-13(15)18)14(19)7-10-6-11(16)3-5-12(10)17/h2-6,8,14,19H,7H2,1H3. The molecule has 0 spiro atoms. The smallest absolute Gasteiger partial charge is 0.165 e. The molecular weight excluding hydrogens is 286 g/mol. The molecule has 5 heteroatoms. The number of benzene rings is 2. The quantitative estimate of drug-likeness (QED) is 0.927. The molecule has 1 unspecified atom stereocenters. The zero-order valence-corrected chi connectivity index (χ0v) is 11.5. The molecule has 2 aromatic rings. The maximum Gasteiger partial charge on any atom is 0.165 e. The summed E-state index contributed by atoms with van der Waals surface area (Å²) < 4.78 is 31.7. The van der Waals surface area contributed by atoms with Gasteiger partial charge in [0.1, 0.15) is 5.82 Å². The molecule has 0 saturated heterocycles. The molecule has 2 nitrogen and oxygen atoms in total. The van der Waals surface area contributed by atoms with E-state index in [-0.39, 0.29) is 12.2 Å². The highest BCUT2D eigenvalue weighted by Gasteiger charge is 2.14. The Morgan fingerprint density at radius 2 is 1.85 bits per heavy atom. The van der Waals surface area contributed by atoms with Crippen molar-refractivity contribution >= 4 is 11.6 Å². The van der Waals surface area contributed by atoms with Gasteiger partial charge in [0.25, 0.3) is 0 Å². The number of hydrogen-bond acceptors (Lipinski definition) is 2. The summed E-state index contributed by atoms with van der Waals surface area (Å²) in [4.78, 5) is 0. The molecular formula is C15H13ClF2O2. The van der Waals surface area contributed by atoms with Crippen LogP contribution < -0.4 is 4.74 Å². The Morgan fingerprint density at radius 1 is 1.15 bits per heavy atom. The van der Waals surface area contributed by atoms with E-state index in [2.05, 4.69) is 0 Å². The summed E-state index contributed by atoms with van der Waals surface area (Å²) in [6, 6.07) is 8.17. The molecule has 0 aliphatic rings. The van der Waals surface area contributed by atoms with Gasteiger partial charge in [0.2, 0.25) is 0 Å². The number of ether oxygens (including phenoxy) is 1. The van der Waals surface area contributed by atoms with Gasteiger partial charge in [0.05, 0.1) is 13.2 Å². The average Bonchev–Trinajstić information content (AvgIpc) is 2.43. The Bertz CT molecular complexity index is 617. The third kappa shape index (κ3) is 3.26. The fourth-order valence-electron chi connectivity index (χ4n) is 1.91. The van der Waals surface area contributed by atoms with E-state index in [0.29, 0.717) is 16.1 Å². The lowest BCUT2D eigenvalue weighted by atomic mass is 10.0. The van der Waals surface area contributed by atoms with Gasteiger partial charge < -0.3 is 9.84 Å². The van der Waals surface area contributed by atoms with Gasteiger partial charge in [-0.25, -0.2) is 8.78 Å². The Kier molecular flexibility index (Phi) is 4.57. The third-order valence-electron chi connectivity index (χ3n) is 2.98. The summed E-state index contributed by atoms with van der Waals surface area (Å²) in [6.45, 7) is 0. The van der Waals surface area contributed by atoms with Crippen LogP contribution in [0.5, 0.6) is 5.75 Å². The lowest BCUT2D eigenvalue weighted by Gasteiger charge is -2.13. The molecule has 1 N–H and O–H groups in total. The third-order valence-corrected chi connectivity index (χ3v) is 3.22. The van der Waals surface area contributed by atoms with Gasteiger partial charge in [0.15, 0.2) is 11.6 Å². The van der Waals surface area contributed by atoms with Crippen molar-refractivity contribution in [2.24, 2.45) is 0 Å². The predicted molar refractivity (Wildman–Crippen MR) is 73.0 cm³/mol. The summed E-state index contributed by atoms with van der Waals surface area (Å²) in [5, 5.41) is 10.5. The summed E-state index contributed by atoms with van der Waals surface area (Å²) in [5.74, 6) is -0.923. The van der Waals surface area contributed by atoms with E-state index in [1.165, 1.54) is 43.5 Å². The van der Waals surface area contributed by atoms with Crippen molar-refractivity contribution in [2.45, 2.75) is 12.5 Å². The first kappa shape index (κ1) is 14.8. The average molecular weight is 299 g/mol. The van der Waals surface area contributed by atoms with E-state index in [0.717, 1.165) is 0 Å². The number of methoxy groups -OCH3 is 1. The van der Waals surface area contributed by atoms with Gasteiger partial charge >= 0.3 is 0 Å². The molecule has 0 aliphatic heterocycles. The first-order chi connectivity index (χ1) is 9.51. The number of aliphatic hydroxyl groups excluding tert-OH is 1. The fourth-order valence-corrected chi connectivity index (χ4v) is 2.10. The second kappa shape index (κ2) is 6.20. The van der Waals surface area contributed by atoms with Crippen LogP contribution in [-0.4, -0.2) is 12.2 Å². The Labute approximate surface area is 120 Å². The molecule has 0 aliphatic carbocycles. The van der Waals surface area contributed by atoms with E-state index >= 15 is 0 Å². The first-order valence-corrected chi connectivity index (χ1v) is 6.34. The molecule has 2 rings (SSSR count). The van der Waals surface area contributed by atoms with Crippen LogP contribution in [0, 0.1) is 11.6 Å². The SMILES string of the molecule is COc1cc(C(O)Cc2cc(Cl)ccc2F)ccc1F. The number of hydrogen-bond donors (Lipinski definition) is 1. The monoisotopic (exact) mass is 298 g/mol. The molecule has 2 aromatic carbocycles. The second-order valence-corrected chi connectivity index (χ2v) is 4.79. The van der Waals surface area contributed by atoms with Crippen LogP contribution in [0.25, 0.3) is 0 Å². The molecule has 1 atom stereocenters. The van der Waals surface area contributed by atoms with E-state index in [1.54, 1.807) is 0 Å². The van der Waals surface area contributed by atoms with Crippen LogP contribution in [0.1, 0.15) is 17.2 Å². The van der Waals surface area contributed by atoms with Gasteiger partial charge in [-0.15, -0.1) is 0 Å². The van der Waals surface area contributed by atoms with Gasteiger partial charge in [-0.05, 0) is 41.5 Å². The maximum atomic E-state index is 13.6. The van der Waals surface area contributed by atoms with Gasteiger partial charge in [-0.3, -0.25) is 0 Å². The molecule has 0 heterocycles. The van der Waals surface area contributed by atoms with Crippen LogP contribution in [0.2, 0.25) is 5.02 Å². The highest BCUT2D eigenvalue weighted by molar-refractivity contribution is 6.30. The Balaban J connectivity index is 2.23. The maximum absolute atomic E-state index is 13.6. The zero-order chi connectivity index (χ0) is 14.7. The Morgan fingerprint density at radius 3 is 2.55 bits per heavy atom. The second-order valence-electron chi connectivity index (χ2n) is 4.35. The van der Waals surface area contributed by atoms with E-state index < -0.39 is 17.7 Å². The van der Waals surface area contributed by atoms with Crippen molar-refractivity contribution in [3.8, 4) is 5.75 Å². The van der Waals surface area contributed by atoms with Crippen LogP contribution in [0.4, 0.5) is 8.78 Å². The zero-order valence-electron chi connectivity index (χ0n) is 10.7. The van der Waals surface area contributed by atoms with Gasteiger partial charge in [0, 0.05) is 11.4 Å². The first-order valence-electron chi connectivity index (χ1n) is 5.96. The number of aliphatic hydroxyl groups is 1. The molecule has 0 amide bonds. The normalized spacial score (nSPS) is 12.2. The topological polar surface area (TPSA) is 29.5 Å². The van der Waals surface area contributed by atoms with E-state index in [1.807, 2.05) is 0 Å². The van der Waals surface area contributed by atoms with Gasteiger partial charge in [-0.2, -0.15) is 0 Å². The van der Waals surface area contributed by atoms with Crippen molar-refractivity contribution in [1.82, 2.24) is 0 Å². The van der Waals surface area contributed by atoms with E-state index in [4.69, 9.17) is 16.3 Å². The van der Waals surface area contributed by atoms with Crippen LogP contribution in [-0.2, 0) is 6.42 Å². The molecule has 0 radical (unpaired) electrons. The van der Waals surface area contributed by atoms with Crippen molar-refractivity contribution in [2.75, 3.05) is 7.11 Å². The summed E-state index contributed by atoms with van der Waals surface area (Å²) in [5.41, 5.74) is 0.746. The van der Waals surface area contributed by atoms with E-state index in [9.17, 15) is 13.9 Å². The molecule has 0 bridgehead atoms. The molecule has 106 valence electrons. The predicted octanol–water partition coefficient (Wildman–Crippen LogP) is 3.90. The van der Waals surface area contributed by atoms with Crippen molar-refractivity contribution in [3.05, 3.63) is 64.2 Å². The number of halogens is 3. The van der Waals surface area contributed by atoms with Crippen molar-refractivity contribution in [3.63, 3.8) is 0 Å². The summed E-state index contributed by atoms with van der Waals surface area (Å²) in [6.07, 6.45) is -0.932. The highest BCUT2D eigenvalue weighted by atomic mass is 35.5. The lowest BCUT2D eigenvalue weighted by molar-refractivity contribution is 0.176. The molecule has 20 heavy (non-hydrogen) atoms.